The lowest BCUT2D eigenvalue weighted by Crippen LogP contribution is -2.31. The van der Waals surface area contributed by atoms with Crippen LogP contribution in [0.4, 0.5) is 4.39 Å². The van der Waals surface area contributed by atoms with E-state index in [-0.39, 0.29) is 5.82 Å². The first kappa shape index (κ1) is 19.6. The molecule has 0 aliphatic carbocycles. The molecule has 0 unspecified atom stereocenters. The van der Waals surface area contributed by atoms with E-state index in [1.807, 2.05) is 36.5 Å². The molecule has 0 N–H and O–H groups in total. The molecule has 1 aromatic heterocycles. The Kier molecular flexibility index (Phi) is 5.65. The molecule has 1 atom stereocenters. The highest BCUT2D eigenvalue weighted by molar-refractivity contribution is 5.64. The van der Waals surface area contributed by atoms with Crippen LogP contribution in [-0.2, 0) is 6.54 Å². The molecule has 0 bridgehead atoms. The molecule has 5 nitrogen and oxygen atoms in total. The van der Waals surface area contributed by atoms with Crippen LogP contribution in [0.5, 0.6) is 5.75 Å². The fourth-order valence-electron chi connectivity index (χ4n) is 3.90. The summed E-state index contributed by atoms with van der Waals surface area (Å²) in [5.41, 5.74) is 3.43. The van der Waals surface area contributed by atoms with Crippen molar-refractivity contribution in [3.8, 4) is 22.7 Å². The lowest BCUT2D eigenvalue weighted by molar-refractivity contribution is 0.265. The van der Waals surface area contributed by atoms with Crippen LogP contribution in [0.1, 0.15) is 12.0 Å². The summed E-state index contributed by atoms with van der Waals surface area (Å²) in [5.74, 6) is 0.522. The zero-order valence-electron chi connectivity index (χ0n) is 17.2. The number of hydrogen-bond acceptors (Lipinski definition) is 4. The van der Waals surface area contributed by atoms with Crippen molar-refractivity contribution >= 4 is 0 Å². The average molecular weight is 394 g/mol. The standard InChI is InChI=1S/C23H27FN4O/c1-26(2)19-12-13-27(16-19)14-18-15-28(22-7-5-4-6-21(22)24)25-23(18)17-8-10-20(29-3)11-9-17/h4-11,15,19H,12-14,16H2,1-3H3/t19-/m1/s1. The van der Waals surface area contributed by atoms with Crippen LogP contribution < -0.4 is 4.74 Å². The lowest BCUT2D eigenvalue weighted by atomic mass is 10.1. The quantitative estimate of drug-likeness (QED) is 0.636. The minimum atomic E-state index is -0.281. The van der Waals surface area contributed by atoms with E-state index in [9.17, 15) is 4.39 Å². The van der Waals surface area contributed by atoms with Crippen LogP contribution >= 0.6 is 0 Å². The molecule has 29 heavy (non-hydrogen) atoms. The summed E-state index contributed by atoms with van der Waals surface area (Å²) in [4.78, 5) is 4.73. The van der Waals surface area contributed by atoms with E-state index in [0.29, 0.717) is 11.7 Å². The van der Waals surface area contributed by atoms with Gasteiger partial charge >= 0.3 is 0 Å². The summed E-state index contributed by atoms with van der Waals surface area (Å²) in [7, 11) is 5.92. The molecule has 4 rings (SSSR count). The Bertz CT molecular complexity index is 967. The van der Waals surface area contributed by atoms with Gasteiger partial charge in [0.15, 0.2) is 0 Å². The highest BCUT2D eigenvalue weighted by Crippen LogP contribution is 2.28. The number of aromatic nitrogens is 2. The number of rotatable bonds is 6. The third-order valence-corrected chi connectivity index (χ3v) is 5.62. The molecule has 2 heterocycles. The van der Waals surface area contributed by atoms with Crippen molar-refractivity contribution < 1.29 is 9.13 Å². The van der Waals surface area contributed by atoms with Crippen LogP contribution in [-0.4, -0.2) is 59.9 Å². The van der Waals surface area contributed by atoms with Gasteiger partial charge < -0.3 is 9.64 Å². The molecular weight excluding hydrogens is 367 g/mol. The summed E-state index contributed by atoms with van der Waals surface area (Å²) >= 11 is 0. The first-order valence-corrected chi connectivity index (χ1v) is 9.92. The maximum Gasteiger partial charge on any atom is 0.148 e. The molecule has 2 aromatic carbocycles. The molecule has 3 aromatic rings. The third-order valence-electron chi connectivity index (χ3n) is 5.62. The molecule has 152 valence electrons. The SMILES string of the molecule is COc1ccc(-c2nn(-c3ccccc3F)cc2CN2CC[C@@H](N(C)C)C2)cc1. The van der Waals surface area contributed by atoms with Crippen molar-refractivity contribution in [1.82, 2.24) is 19.6 Å². The maximum atomic E-state index is 14.4. The minimum absolute atomic E-state index is 0.281. The zero-order chi connectivity index (χ0) is 20.4. The van der Waals surface area contributed by atoms with E-state index in [1.54, 1.807) is 23.9 Å². The van der Waals surface area contributed by atoms with Crippen LogP contribution in [0.3, 0.4) is 0 Å². The van der Waals surface area contributed by atoms with E-state index in [1.165, 1.54) is 6.07 Å². The number of para-hydroxylation sites is 1. The Balaban J connectivity index is 1.69. The van der Waals surface area contributed by atoms with Crippen molar-refractivity contribution in [3.63, 3.8) is 0 Å². The van der Waals surface area contributed by atoms with Gasteiger partial charge in [-0.3, -0.25) is 4.90 Å². The normalized spacial score (nSPS) is 17.2. The van der Waals surface area contributed by atoms with Gasteiger partial charge in [0.05, 0.1) is 12.8 Å². The van der Waals surface area contributed by atoms with Gasteiger partial charge in [-0.1, -0.05) is 12.1 Å². The van der Waals surface area contributed by atoms with Crippen molar-refractivity contribution in [1.29, 1.82) is 0 Å². The molecule has 6 heteroatoms. The van der Waals surface area contributed by atoms with Crippen LogP contribution in [0.15, 0.2) is 54.7 Å². The van der Waals surface area contributed by atoms with Crippen molar-refractivity contribution in [2.75, 3.05) is 34.3 Å². The van der Waals surface area contributed by atoms with E-state index in [0.717, 1.165) is 48.6 Å². The lowest BCUT2D eigenvalue weighted by Gasteiger charge is -2.20. The van der Waals surface area contributed by atoms with Gasteiger partial charge in [0.25, 0.3) is 0 Å². The second-order valence-electron chi connectivity index (χ2n) is 7.77. The molecule has 0 radical (unpaired) electrons. The molecule has 1 fully saturated rings. The molecule has 0 saturated carbocycles. The Morgan fingerprint density at radius 1 is 1.14 bits per heavy atom. The molecule has 0 amide bonds. The van der Waals surface area contributed by atoms with Crippen molar-refractivity contribution in [3.05, 3.63) is 66.1 Å². The molecular formula is C23H27FN4O. The van der Waals surface area contributed by atoms with Gasteiger partial charge in [0, 0.05) is 43.0 Å². The Labute approximate surface area is 171 Å². The van der Waals surface area contributed by atoms with E-state index in [4.69, 9.17) is 9.84 Å². The molecule has 0 spiro atoms. The number of likely N-dealkylation sites (N-methyl/N-ethyl adjacent to an activating group) is 1. The number of likely N-dealkylation sites (tertiary alicyclic amines) is 1. The zero-order valence-corrected chi connectivity index (χ0v) is 17.2. The number of halogens is 1. The summed E-state index contributed by atoms with van der Waals surface area (Å²) in [6, 6.07) is 15.2. The maximum absolute atomic E-state index is 14.4. The Morgan fingerprint density at radius 2 is 1.90 bits per heavy atom. The summed E-state index contributed by atoms with van der Waals surface area (Å²) < 4.78 is 21.3. The predicted octanol–water partition coefficient (Wildman–Crippen LogP) is 3.82. The van der Waals surface area contributed by atoms with Crippen LogP contribution in [0.25, 0.3) is 16.9 Å². The number of nitrogens with zero attached hydrogens (tertiary/aromatic N) is 4. The average Bonchev–Trinajstić information content (AvgIpc) is 3.36. The Morgan fingerprint density at radius 3 is 2.55 bits per heavy atom. The van der Waals surface area contributed by atoms with Crippen LogP contribution in [0.2, 0.25) is 0 Å². The minimum Gasteiger partial charge on any atom is -0.497 e. The number of hydrogen-bond donors (Lipinski definition) is 0. The molecule has 1 saturated heterocycles. The van der Waals surface area contributed by atoms with Gasteiger partial charge in [-0.15, -0.1) is 0 Å². The molecule has 1 aliphatic heterocycles. The fraction of sp³-hybridized carbons (Fsp3) is 0.348. The van der Waals surface area contributed by atoms with Crippen LogP contribution in [0, 0.1) is 5.82 Å². The van der Waals surface area contributed by atoms with Gasteiger partial charge in [-0.25, -0.2) is 9.07 Å². The van der Waals surface area contributed by atoms with E-state index >= 15 is 0 Å². The number of benzene rings is 2. The first-order valence-electron chi connectivity index (χ1n) is 9.92. The summed E-state index contributed by atoms with van der Waals surface area (Å²) in [6.45, 7) is 2.87. The first-order chi connectivity index (χ1) is 14.0. The molecule has 1 aliphatic rings. The van der Waals surface area contributed by atoms with Crippen molar-refractivity contribution in [2.45, 2.75) is 19.0 Å². The van der Waals surface area contributed by atoms with Gasteiger partial charge in [0.1, 0.15) is 17.3 Å². The van der Waals surface area contributed by atoms with Gasteiger partial charge in [-0.05, 0) is 56.9 Å². The monoisotopic (exact) mass is 394 g/mol. The summed E-state index contributed by atoms with van der Waals surface area (Å²) in [5, 5.41) is 4.76. The van der Waals surface area contributed by atoms with E-state index < -0.39 is 0 Å². The Hall–Kier alpha value is -2.70. The smallest absolute Gasteiger partial charge is 0.148 e. The number of ether oxygens (including phenoxy) is 1. The van der Waals surface area contributed by atoms with Gasteiger partial charge in [0.2, 0.25) is 0 Å². The topological polar surface area (TPSA) is 33.5 Å². The summed E-state index contributed by atoms with van der Waals surface area (Å²) in [6.07, 6.45) is 3.12. The predicted molar refractivity (Wildman–Crippen MR) is 113 cm³/mol. The second kappa shape index (κ2) is 8.35. The largest absolute Gasteiger partial charge is 0.497 e. The number of methoxy groups -OCH3 is 1. The highest BCUT2D eigenvalue weighted by Gasteiger charge is 2.25. The highest BCUT2D eigenvalue weighted by atomic mass is 19.1. The third kappa shape index (κ3) is 4.18. The van der Waals surface area contributed by atoms with Gasteiger partial charge in [-0.2, -0.15) is 5.10 Å². The second-order valence-corrected chi connectivity index (χ2v) is 7.77. The fourth-order valence-corrected chi connectivity index (χ4v) is 3.90. The van der Waals surface area contributed by atoms with E-state index in [2.05, 4.69) is 23.9 Å². The van der Waals surface area contributed by atoms with Crippen molar-refractivity contribution in [2.24, 2.45) is 0 Å².